The van der Waals surface area contributed by atoms with Crippen molar-refractivity contribution in [2.45, 2.75) is 18.8 Å². The smallest absolute Gasteiger partial charge is 0.0509 e. The molecule has 5 rings (SSSR count). The summed E-state index contributed by atoms with van der Waals surface area (Å²) in [6.45, 7) is 2.07. The first-order valence-corrected chi connectivity index (χ1v) is 11.9. The van der Waals surface area contributed by atoms with Crippen LogP contribution in [-0.4, -0.2) is 24.7 Å². The van der Waals surface area contributed by atoms with E-state index in [1.165, 1.54) is 52.0 Å². The lowest BCUT2D eigenvalue weighted by molar-refractivity contribution is 0.518. The number of piperidine rings is 1. The Morgan fingerprint density at radius 1 is 1.24 bits per heavy atom. The van der Waals surface area contributed by atoms with Gasteiger partial charge in [0.1, 0.15) is 0 Å². The Morgan fingerprint density at radius 3 is 3.00 bits per heavy atom. The average Bonchev–Trinajstić information content (AvgIpc) is 3.10. The molecule has 5 heteroatoms. The zero-order chi connectivity index (χ0) is 16.8. The van der Waals surface area contributed by atoms with Gasteiger partial charge in [0.05, 0.1) is 5.69 Å². The lowest BCUT2D eigenvalue weighted by Gasteiger charge is -2.39. The van der Waals surface area contributed by atoms with E-state index in [-0.39, 0.29) is 0 Å². The normalized spacial score (nSPS) is 25.3. The summed E-state index contributed by atoms with van der Waals surface area (Å²) in [5.41, 5.74) is 5.57. The minimum Gasteiger partial charge on any atom is -0.384 e. The summed E-state index contributed by atoms with van der Waals surface area (Å²) in [6, 6.07) is 11.2. The molecule has 1 unspecified atom stereocenters. The molecule has 3 aliphatic rings. The van der Waals surface area contributed by atoms with Gasteiger partial charge in [0, 0.05) is 58.7 Å². The van der Waals surface area contributed by atoms with Crippen LogP contribution in [0.5, 0.6) is 0 Å². The Morgan fingerprint density at radius 2 is 2.12 bits per heavy atom. The summed E-state index contributed by atoms with van der Waals surface area (Å²) in [4.78, 5) is 2.58. The minimum atomic E-state index is 0.408. The van der Waals surface area contributed by atoms with Crippen LogP contribution in [-0.2, 0) is 0 Å². The van der Waals surface area contributed by atoms with Crippen LogP contribution in [0, 0.1) is 5.92 Å². The number of nitrogens with one attached hydrogen (secondary N) is 1. The molecule has 0 spiro atoms. The third-order valence-electron chi connectivity index (χ3n) is 5.66. The van der Waals surface area contributed by atoms with Crippen molar-refractivity contribution in [2.75, 3.05) is 34.9 Å². The predicted molar refractivity (Wildman–Crippen MR) is 114 cm³/mol. The molecular weight excluding hydrogens is 368 g/mol. The molecular formula is C20H21ClN2S2. The molecule has 25 heavy (non-hydrogen) atoms. The highest BCUT2D eigenvalue weighted by molar-refractivity contribution is 8.77. The molecule has 0 radical (unpaired) electrons. The number of hydrogen-bond donors (Lipinski definition) is 1. The summed E-state index contributed by atoms with van der Waals surface area (Å²) < 4.78 is 0. The van der Waals surface area contributed by atoms with Crippen LogP contribution in [0.3, 0.4) is 0 Å². The van der Waals surface area contributed by atoms with E-state index in [9.17, 15) is 0 Å². The molecule has 2 aromatic carbocycles. The van der Waals surface area contributed by atoms with Crippen LogP contribution in [0.25, 0.3) is 10.8 Å². The van der Waals surface area contributed by atoms with Gasteiger partial charge >= 0.3 is 0 Å². The Kier molecular flexibility index (Phi) is 4.31. The van der Waals surface area contributed by atoms with Gasteiger partial charge in [-0.3, -0.25) is 0 Å². The third-order valence-corrected chi connectivity index (χ3v) is 8.15. The summed E-state index contributed by atoms with van der Waals surface area (Å²) in [7, 11) is 3.89. The van der Waals surface area contributed by atoms with Gasteiger partial charge in [-0.25, -0.2) is 0 Å². The standard InChI is InChI=1S/C20H21ClN2S2/c21-9-14-10-22-17-8-18(15-5-1-2-6-16(15)20(14)17)23-7-3-4-13-11-24-25-12-19(13)23/h1-2,5-6,8,12-14,22H,3-4,7,9-11H2/t13-,14?/m1/s1. The Bertz CT molecular complexity index is 851. The fourth-order valence-corrected chi connectivity index (χ4v) is 7.00. The number of anilines is 2. The molecule has 2 nitrogen and oxygen atoms in total. The Hall–Kier alpha value is -0.970. The number of rotatable bonds is 2. The predicted octanol–water partition coefficient (Wildman–Crippen LogP) is 6.04. The van der Waals surface area contributed by atoms with Crippen molar-refractivity contribution in [1.29, 1.82) is 0 Å². The molecule has 130 valence electrons. The van der Waals surface area contributed by atoms with Gasteiger partial charge in [-0.1, -0.05) is 45.9 Å². The van der Waals surface area contributed by atoms with Gasteiger partial charge in [0.25, 0.3) is 0 Å². The van der Waals surface area contributed by atoms with Gasteiger partial charge in [0.2, 0.25) is 0 Å². The number of allylic oxidation sites excluding steroid dienone is 1. The van der Waals surface area contributed by atoms with Gasteiger partial charge in [-0.05, 0) is 29.9 Å². The number of halogens is 1. The van der Waals surface area contributed by atoms with Crippen molar-refractivity contribution in [3.63, 3.8) is 0 Å². The summed E-state index contributed by atoms with van der Waals surface area (Å²) in [5, 5.41) is 8.72. The van der Waals surface area contributed by atoms with Gasteiger partial charge in [-0.2, -0.15) is 0 Å². The van der Waals surface area contributed by atoms with Crippen molar-refractivity contribution in [1.82, 2.24) is 0 Å². The third kappa shape index (κ3) is 2.65. The molecule has 2 atom stereocenters. The van der Waals surface area contributed by atoms with Crippen LogP contribution in [0.2, 0.25) is 0 Å². The van der Waals surface area contributed by atoms with E-state index in [2.05, 4.69) is 46.0 Å². The molecule has 0 amide bonds. The van der Waals surface area contributed by atoms with E-state index >= 15 is 0 Å². The van der Waals surface area contributed by atoms with E-state index in [0.717, 1.165) is 13.1 Å². The monoisotopic (exact) mass is 388 g/mol. The second-order valence-electron chi connectivity index (χ2n) is 7.05. The van der Waals surface area contributed by atoms with Crippen LogP contribution in [0.15, 0.2) is 41.4 Å². The summed E-state index contributed by atoms with van der Waals surface area (Å²) in [5.74, 6) is 3.03. The number of hydrogen-bond acceptors (Lipinski definition) is 4. The number of alkyl halides is 1. The fourth-order valence-electron chi connectivity index (χ4n) is 4.44. The maximum Gasteiger partial charge on any atom is 0.0509 e. The molecule has 0 aromatic heterocycles. The zero-order valence-corrected chi connectivity index (χ0v) is 16.4. The van der Waals surface area contributed by atoms with Crippen molar-refractivity contribution in [2.24, 2.45) is 5.92 Å². The van der Waals surface area contributed by atoms with Crippen molar-refractivity contribution in [3.8, 4) is 0 Å². The SMILES string of the molecule is ClCC1CNc2cc(N3CCC[C@@H]4CSSC=C43)c3ccccc3c21. The highest BCUT2D eigenvalue weighted by Crippen LogP contribution is 2.47. The number of nitrogens with zero attached hydrogens (tertiary/aromatic N) is 1. The molecule has 3 heterocycles. The first kappa shape index (κ1) is 16.2. The van der Waals surface area contributed by atoms with Gasteiger partial charge in [0.15, 0.2) is 0 Å². The van der Waals surface area contributed by atoms with Crippen LogP contribution < -0.4 is 10.2 Å². The highest BCUT2D eigenvalue weighted by atomic mass is 35.5. The number of fused-ring (bicyclic) bond motifs is 4. The lowest BCUT2D eigenvalue weighted by Crippen LogP contribution is -2.35. The van der Waals surface area contributed by atoms with Crippen molar-refractivity contribution >= 4 is 55.3 Å². The van der Waals surface area contributed by atoms with Gasteiger partial charge < -0.3 is 10.2 Å². The van der Waals surface area contributed by atoms with Gasteiger partial charge in [-0.15, -0.1) is 11.6 Å². The quantitative estimate of drug-likeness (QED) is 0.498. The van der Waals surface area contributed by atoms with E-state index in [1.807, 2.05) is 21.6 Å². The van der Waals surface area contributed by atoms with E-state index < -0.39 is 0 Å². The molecule has 2 aromatic rings. The minimum absolute atomic E-state index is 0.408. The zero-order valence-electron chi connectivity index (χ0n) is 14.0. The first-order chi connectivity index (χ1) is 12.4. The molecule has 1 N–H and O–H groups in total. The van der Waals surface area contributed by atoms with Crippen LogP contribution in [0.4, 0.5) is 11.4 Å². The fraction of sp³-hybridized carbons (Fsp3) is 0.400. The summed E-state index contributed by atoms with van der Waals surface area (Å²) >= 11 is 6.25. The molecule has 0 saturated carbocycles. The molecule has 3 aliphatic heterocycles. The van der Waals surface area contributed by atoms with Crippen LogP contribution >= 0.6 is 33.2 Å². The second-order valence-corrected chi connectivity index (χ2v) is 9.64. The summed E-state index contributed by atoms with van der Waals surface area (Å²) in [6.07, 6.45) is 2.60. The topological polar surface area (TPSA) is 15.3 Å². The highest BCUT2D eigenvalue weighted by Gasteiger charge is 2.31. The van der Waals surface area contributed by atoms with E-state index in [0.29, 0.717) is 17.7 Å². The second kappa shape index (κ2) is 6.64. The van der Waals surface area contributed by atoms with E-state index in [1.54, 1.807) is 0 Å². The van der Waals surface area contributed by atoms with Crippen LogP contribution in [0.1, 0.15) is 24.3 Å². The number of benzene rings is 2. The molecule has 1 fully saturated rings. The first-order valence-electron chi connectivity index (χ1n) is 8.98. The molecule has 0 aliphatic carbocycles. The largest absolute Gasteiger partial charge is 0.384 e. The molecule has 0 bridgehead atoms. The maximum absolute atomic E-state index is 6.25. The van der Waals surface area contributed by atoms with Crippen molar-refractivity contribution in [3.05, 3.63) is 47.0 Å². The molecule has 1 saturated heterocycles. The average molecular weight is 389 g/mol. The van der Waals surface area contributed by atoms with Crippen molar-refractivity contribution < 1.29 is 0 Å². The lowest BCUT2D eigenvalue weighted by atomic mass is 9.92. The Labute approximate surface area is 161 Å². The van der Waals surface area contributed by atoms with E-state index in [4.69, 9.17) is 11.6 Å². The maximum atomic E-state index is 6.25. The Balaban J connectivity index is 1.70.